The minimum atomic E-state index is -0.685. The molecule has 1 aliphatic heterocycles. The maximum Gasteiger partial charge on any atom is 0.165 e. The normalized spacial score (nSPS) is 14.8. The predicted octanol–water partition coefficient (Wildman–Crippen LogP) is 4.71. The molecule has 32 heavy (non-hydrogen) atoms. The molecule has 2 aromatic heterocycles. The van der Waals surface area contributed by atoms with Crippen LogP contribution < -0.4 is 10.2 Å². The number of hydrogen-bond acceptors (Lipinski definition) is 5. The van der Waals surface area contributed by atoms with Gasteiger partial charge in [-0.05, 0) is 37.4 Å². The summed E-state index contributed by atoms with van der Waals surface area (Å²) in [7, 11) is 2.07. The third kappa shape index (κ3) is 3.73. The fraction of sp³-hybridized carbons (Fsp3) is 0.208. The number of hydrogen-bond donors (Lipinski definition) is 3. The van der Waals surface area contributed by atoms with Crippen molar-refractivity contribution in [3.63, 3.8) is 0 Å². The number of aromatic amines is 1. The summed E-state index contributed by atoms with van der Waals surface area (Å²) in [6.07, 6.45) is 3.32. The average Bonchev–Trinajstić information content (AvgIpc) is 3.20. The number of phenolic OH excluding ortho intramolecular Hbond substituents is 1. The molecule has 0 bridgehead atoms. The van der Waals surface area contributed by atoms with Gasteiger partial charge in [0.1, 0.15) is 11.5 Å². The largest absolute Gasteiger partial charge is 0.504 e. The number of benzene rings is 2. The van der Waals surface area contributed by atoms with E-state index in [-0.39, 0.29) is 5.82 Å². The van der Waals surface area contributed by atoms with Gasteiger partial charge in [-0.2, -0.15) is 0 Å². The van der Waals surface area contributed by atoms with Gasteiger partial charge in [0.05, 0.1) is 17.6 Å². The SMILES string of the molecule is CN1CCN(c2ccc(Nc3cnc4[nH]cc(-c5cccc(F)c5O)c4c3)cc2F)CC1. The first-order valence-electron chi connectivity index (χ1n) is 10.4. The van der Waals surface area contributed by atoms with Gasteiger partial charge in [0.15, 0.2) is 11.6 Å². The number of halogens is 2. The van der Waals surface area contributed by atoms with E-state index in [0.717, 1.165) is 26.2 Å². The molecule has 3 heterocycles. The number of nitrogens with zero attached hydrogens (tertiary/aromatic N) is 3. The number of fused-ring (bicyclic) bond motifs is 1. The first-order chi connectivity index (χ1) is 15.5. The Bertz CT molecular complexity index is 1280. The summed E-state index contributed by atoms with van der Waals surface area (Å²) in [5.41, 5.74) is 3.47. The highest BCUT2D eigenvalue weighted by Crippen LogP contribution is 2.36. The predicted molar refractivity (Wildman–Crippen MR) is 123 cm³/mol. The average molecular weight is 435 g/mol. The Morgan fingerprint density at radius 2 is 1.78 bits per heavy atom. The molecule has 6 nitrogen and oxygen atoms in total. The number of anilines is 3. The number of pyridine rings is 1. The van der Waals surface area contributed by atoms with Crippen LogP contribution in [0.2, 0.25) is 0 Å². The molecule has 4 aromatic rings. The van der Waals surface area contributed by atoms with Gasteiger partial charge in [-0.1, -0.05) is 12.1 Å². The molecule has 3 N–H and O–H groups in total. The number of para-hydroxylation sites is 1. The lowest BCUT2D eigenvalue weighted by atomic mass is 10.0. The van der Waals surface area contributed by atoms with Gasteiger partial charge < -0.3 is 25.2 Å². The summed E-state index contributed by atoms with van der Waals surface area (Å²) in [4.78, 5) is 11.7. The van der Waals surface area contributed by atoms with Crippen LogP contribution in [-0.2, 0) is 0 Å². The van der Waals surface area contributed by atoms with Crippen LogP contribution >= 0.6 is 0 Å². The number of nitrogens with one attached hydrogen (secondary N) is 2. The van der Waals surface area contributed by atoms with Crippen molar-refractivity contribution < 1.29 is 13.9 Å². The molecular formula is C24H23F2N5O. The molecule has 0 saturated carbocycles. The zero-order valence-electron chi connectivity index (χ0n) is 17.6. The number of phenols is 1. The first-order valence-corrected chi connectivity index (χ1v) is 10.4. The van der Waals surface area contributed by atoms with Gasteiger partial charge in [0.2, 0.25) is 0 Å². The van der Waals surface area contributed by atoms with Gasteiger partial charge in [-0.3, -0.25) is 0 Å². The van der Waals surface area contributed by atoms with Gasteiger partial charge in [-0.15, -0.1) is 0 Å². The molecule has 5 rings (SSSR count). The second-order valence-corrected chi connectivity index (χ2v) is 8.04. The fourth-order valence-electron chi connectivity index (χ4n) is 4.08. The molecule has 1 saturated heterocycles. The molecule has 0 amide bonds. The lowest BCUT2D eigenvalue weighted by Crippen LogP contribution is -2.44. The van der Waals surface area contributed by atoms with Crippen LogP contribution in [-0.4, -0.2) is 53.2 Å². The molecule has 2 aromatic carbocycles. The lowest BCUT2D eigenvalue weighted by molar-refractivity contribution is 0.311. The van der Waals surface area contributed by atoms with Crippen LogP contribution in [0.25, 0.3) is 22.2 Å². The van der Waals surface area contributed by atoms with Crippen molar-refractivity contribution in [2.45, 2.75) is 0 Å². The van der Waals surface area contributed by atoms with Crippen molar-refractivity contribution in [1.82, 2.24) is 14.9 Å². The van der Waals surface area contributed by atoms with E-state index in [4.69, 9.17) is 0 Å². The van der Waals surface area contributed by atoms with Crippen molar-refractivity contribution in [3.05, 3.63) is 66.5 Å². The second kappa shape index (κ2) is 8.12. The highest BCUT2D eigenvalue weighted by atomic mass is 19.1. The highest BCUT2D eigenvalue weighted by molar-refractivity contribution is 5.96. The number of H-pyrrole nitrogens is 1. The maximum absolute atomic E-state index is 14.8. The number of rotatable bonds is 4. The summed E-state index contributed by atoms with van der Waals surface area (Å²) in [6.45, 7) is 3.41. The Labute approximate surface area is 184 Å². The quantitative estimate of drug-likeness (QED) is 0.433. The third-order valence-corrected chi connectivity index (χ3v) is 5.89. The zero-order valence-corrected chi connectivity index (χ0v) is 17.6. The van der Waals surface area contributed by atoms with Crippen molar-refractivity contribution in [2.24, 2.45) is 0 Å². The minimum Gasteiger partial charge on any atom is -0.504 e. The second-order valence-electron chi connectivity index (χ2n) is 8.04. The van der Waals surface area contributed by atoms with Crippen LogP contribution in [0, 0.1) is 11.6 Å². The van der Waals surface area contributed by atoms with E-state index >= 15 is 0 Å². The van der Waals surface area contributed by atoms with E-state index in [2.05, 4.69) is 32.1 Å². The van der Waals surface area contributed by atoms with E-state index in [1.807, 2.05) is 12.1 Å². The highest BCUT2D eigenvalue weighted by Gasteiger charge is 2.18. The standard InChI is InChI=1S/C24H23F2N5O/c1-30-7-9-31(10-8-30)22-6-5-15(12-21(22)26)29-16-11-18-19(14-28-24(18)27-13-16)17-3-2-4-20(25)23(17)32/h2-6,11-14,29,32H,7-10H2,1H3,(H,27,28). The van der Waals surface area contributed by atoms with E-state index in [1.165, 1.54) is 12.1 Å². The Morgan fingerprint density at radius 1 is 0.969 bits per heavy atom. The molecule has 1 fully saturated rings. The molecular weight excluding hydrogens is 412 g/mol. The number of piperazine rings is 1. The summed E-state index contributed by atoms with van der Waals surface area (Å²) in [5.74, 6) is -1.37. The molecule has 1 aliphatic rings. The van der Waals surface area contributed by atoms with Crippen molar-refractivity contribution >= 4 is 28.1 Å². The Kier molecular flexibility index (Phi) is 5.14. The van der Waals surface area contributed by atoms with Gasteiger partial charge >= 0.3 is 0 Å². The van der Waals surface area contributed by atoms with Gasteiger partial charge in [0, 0.05) is 54.6 Å². The summed E-state index contributed by atoms with van der Waals surface area (Å²) >= 11 is 0. The molecule has 0 atom stereocenters. The van der Waals surface area contributed by atoms with Gasteiger partial charge in [0.25, 0.3) is 0 Å². The lowest BCUT2D eigenvalue weighted by Gasteiger charge is -2.34. The monoisotopic (exact) mass is 435 g/mol. The van der Waals surface area contributed by atoms with Crippen LogP contribution in [0.3, 0.4) is 0 Å². The van der Waals surface area contributed by atoms with Gasteiger partial charge in [-0.25, -0.2) is 13.8 Å². The van der Waals surface area contributed by atoms with E-state index < -0.39 is 11.6 Å². The molecule has 164 valence electrons. The molecule has 0 unspecified atom stereocenters. The molecule has 0 aliphatic carbocycles. The maximum atomic E-state index is 14.8. The number of likely N-dealkylation sites (N-methyl/N-ethyl adjacent to an activating group) is 1. The van der Waals surface area contributed by atoms with Crippen molar-refractivity contribution in [3.8, 4) is 16.9 Å². The molecule has 0 spiro atoms. The number of aromatic nitrogens is 2. The Balaban J connectivity index is 1.42. The van der Waals surface area contributed by atoms with E-state index in [0.29, 0.717) is 39.2 Å². The van der Waals surface area contributed by atoms with E-state index in [9.17, 15) is 13.9 Å². The number of aromatic hydroxyl groups is 1. The Morgan fingerprint density at radius 3 is 2.56 bits per heavy atom. The Hall–Kier alpha value is -3.65. The van der Waals surface area contributed by atoms with Crippen LogP contribution in [0.15, 0.2) is 54.9 Å². The van der Waals surface area contributed by atoms with E-state index in [1.54, 1.807) is 30.6 Å². The van der Waals surface area contributed by atoms with Crippen LogP contribution in [0.5, 0.6) is 5.75 Å². The molecule has 0 radical (unpaired) electrons. The fourth-order valence-corrected chi connectivity index (χ4v) is 4.08. The van der Waals surface area contributed by atoms with Crippen molar-refractivity contribution in [1.29, 1.82) is 0 Å². The summed E-state index contributed by atoms with van der Waals surface area (Å²) < 4.78 is 28.7. The summed E-state index contributed by atoms with van der Waals surface area (Å²) in [5, 5.41) is 14.0. The topological polar surface area (TPSA) is 67.4 Å². The molecule has 8 heteroatoms. The summed E-state index contributed by atoms with van der Waals surface area (Å²) in [6, 6.07) is 11.4. The third-order valence-electron chi connectivity index (χ3n) is 5.89. The van der Waals surface area contributed by atoms with Crippen LogP contribution in [0.1, 0.15) is 0 Å². The zero-order chi connectivity index (χ0) is 22.2. The first kappa shape index (κ1) is 20.3. The minimum absolute atomic E-state index is 0.277. The van der Waals surface area contributed by atoms with Crippen molar-refractivity contribution in [2.75, 3.05) is 43.4 Å². The van der Waals surface area contributed by atoms with Crippen LogP contribution in [0.4, 0.5) is 25.8 Å². The smallest absolute Gasteiger partial charge is 0.165 e.